The van der Waals surface area contributed by atoms with E-state index in [0.717, 1.165) is 15.3 Å². The third-order valence-corrected chi connectivity index (χ3v) is 8.94. The van der Waals surface area contributed by atoms with Crippen molar-refractivity contribution in [3.63, 3.8) is 0 Å². The van der Waals surface area contributed by atoms with Gasteiger partial charge in [0, 0.05) is 34.0 Å². The van der Waals surface area contributed by atoms with Gasteiger partial charge in [0.25, 0.3) is 5.91 Å². The van der Waals surface area contributed by atoms with Crippen molar-refractivity contribution >= 4 is 80.7 Å². The van der Waals surface area contributed by atoms with Gasteiger partial charge < -0.3 is 20.3 Å². The van der Waals surface area contributed by atoms with Gasteiger partial charge >= 0.3 is 5.97 Å². The van der Waals surface area contributed by atoms with Crippen molar-refractivity contribution < 1.29 is 23.9 Å². The molecule has 12 heteroatoms. The molecule has 0 bridgehead atoms. The molecule has 4 rings (SSSR count). The summed E-state index contributed by atoms with van der Waals surface area (Å²) in [5.41, 5.74) is 2.01. The lowest BCUT2D eigenvalue weighted by Crippen LogP contribution is -2.34. The van der Waals surface area contributed by atoms with E-state index in [1.807, 2.05) is 6.07 Å². The number of hydrogen-bond acceptors (Lipinski definition) is 7. The molecule has 1 atom stereocenters. The predicted molar refractivity (Wildman–Crippen MR) is 160 cm³/mol. The number of nitrogens with one attached hydrogen (secondary N) is 2. The minimum atomic E-state index is -0.528. The molecular weight excluding hydrogens is 593 g/mol. The van der Waals surface area contributed by atoms with Crippen LogP contribution in [0.2, 0.25) is 10.0 Å². The lowest BCUT2D eigenvalue weighted by Gasteiger charge is -2.25. The van der Waals surface area contributed by atoms with Crippen LogP contribution in [0.3, 0.4) is 0 Å². The molecule has 2 aromatic carbocycles. The highest BCUT2D eigenvalue weighted by Gasteiger charge is 2.31. The molecule has 0 spiro atoms. The Bertz CT molecular complexity index is 1480. The molecule has 210 valence electrons. The van der Waals surface area contributed by atoms with Gasteiger partial charge in [-0.05, 0) is 62.2 Å². The Morgan fingerprint density at radius 2 is 1.90 bits per heavy atom. The van der Waals surface area contributed by atoms with E-state index >= 15 is 0 Å². The Balaban J connectivity index is 1.47. The molecule has 2 N–H and O–H groups in total. The van der Waals surface area contributed by atoms with Crippen LogP contribution in [-0.4, -0.2) is 47.0 Å². The van der Waals surface area contributed by atoms with Crippen LogP contribution in [0.25, 0.3) is 0 Å². The normalized spacial score (nSPS) is 13.3. The van der Waals surface area contributed by atoms with Gasteiger partial charge in [0.05, 0.1) is 34.6 Å². The Morgan fingerprint density at radius 3 is 2.60 bits per heavy atom. The number of thiophene rings is 1. The monoisotopic (exact) mass is 619 g/mol. The first kappa shape index (κ1) is 29.9. The Hall–Kier alpha value is -3.05. The lowest BCUT2D eigenvalue weighted by molar-refractivity contribution is -0.129. The molecule has 0 saturated carbocycles. The molecule has 1 unspecified atom stereocenters. The second kappa shape index (κ2) is 13.1. The summed E-state index contributed by atoms with van der Waals surface area (Å²) in [5.74, 6) is -1.20. The van der Waals surface area contributed by atoms with E-state index in [4.69, 9.17) is 27.9 Å². The Labute approximate surface area is 250 Å². The first-order valence-corrected chi connectivity index (χ1v) is 14.9. The molecule has 40 heavy (non-hydrogen) atoms. The zero-order valence-corrected chi connectivity index (χ0v) is 25.2. The number of rotatable bonds is 8. The second-order valence-electron chi connectivity index (χ2n) is 8.97. The number of nitrogens with zero attached hydrogens (tertiary/aromatic N) is 1. The zero-order valence-electron chi connectivity index (χ0n) is 22.0. The number of benzene rings is 2. The van der Waals surface area contributed by atoms with E-state index in [2.05, 4.69) is 10.6 Å². The van der Waals surface area contributed by atoms with Crippen LogP contribution in [-0.2, 0) is 27.3 Å². The summed E-state index contributed by atoms with van der Waals surface area (Å²) in [5, 5.41) is 6.29. The fraction of sp³-hybridized carbons (Fsp3) is 0.286. The molecule has 0 fully saturated rings. The van der Waals surface area contributed by atoms with Crippen molar-refractivity contribution in [3.8, 4) is 0 Å². The van der Waals surface area contributed by atoms with Crippen molar-refractivity contribution in [2.75, 3.05) is 23.8 Å². The van der Waals surface area contributed by atoms with Crippen LogP contribution in [0.5, 0.6) is 0 Å². The SMILES string of the molecule is CCOC(=O)c1c(NC(=O)C(C)Sc2cccc(NC(=O)c3ccc(Cl)cc3Cl)c2)sc2c1CCN(C(C)=O)C2. The smallest absolute Gasteiger partial charge is 0.341 e. The van der Waals surface area contributed by atoms with Crippen LogP contribution in [0.1, 0.15) is 51.9 Å². The number of carbonyl (C=O) groups excluding carboxylic acids is 4. The predicted octanol–water partition coefficient (Wildman–Crippen LogP) is 6.51. The van der Waals surface area contributed by atoms with E-state index in [1.54, 1.807) is 49.1 Å². The van der Waals surface area contributed by atoms with E-state index < -0.39 is 11.2 Å². The van der Waals surface area contributed by atoms with Gasteiger partial charge in [0.15, 0.2) is 0 Å². The third-order valence-electron chi connectivity index (χ3n) is 6.17. The first-order valence-electron chi connectivity index (χ1n) is 12.5. The second-order valence-corrected chi connectivity index (χ2v) is 12.3. The Morgan fingerprint density at radius 1 is 1.12 bits per heavy atom. The summed E-state index contributed by atoms with van der Waals surface area (Å²) in [6.07, 6.45) is 0.513. The first-order chi connectivity index (χ1) is 19.1. The topological polar surface area (TPSA) is 105 Å². The minimum absolute atomic E-state index is 0.0398. The van der Waals surface area contributed by atoms with Crippen LogP contribution < -0.4 is 10.6 Å². The number of anilines is 2. The van der Waals surface area contributed by atoms with Gasteiger partial charge in [0.2, 0.25) is 11.8 Å². The largest absolute Gasteiger partial charge is 0.462 e. The minimum Gasteiger partial charge on any atom is -0.462 e. The molecule has 1 aliphatic heterocycles. The average molecular weight is 621 g/mol. The molecule has 2 heterocycles. The molecule has 0 aliphatic carbocycles. The highest BCUT2D eigenvalue weighted by Crippen LogP contribution is 2.38. The average Bonchev–Trinajstić information content (AvgIpc) is 3.25. The molecule has 3 amide bonds. The van der Waals surface area contributed by atoms with Crippen LogP contribution in [0.4, 0.5) is 10.7 Å². The molecule has 8 nitrogen and oxygen atoms in total. The number of hydrogen-bond donors (Lipinski definition) is 2. The summed E-state index contributed by atoms with van der Waals surface area (Å²) >= 11 is 14.7. The summed E-state index contributed by atoms with van der Waals surface area (Å²) in [7, 11) is 0. The van der Waals surface area contributed by atoms with Gasteiger partial charge in [-0.25, -0.2) is 4.79 Å². The quantitative estimate of drug-likeness (QED) is 0.220. The summed E-state index contributed by atoms with van der Waals surface area (Å²) in [4.78, 5) is 54.0. The summed E-state index contributed by atoms with van der Waals surface area (Å²) in [6, 6.07) is 11.8. The van der Waals surface area contributed by atoms with Crippen LogP contribution >= 0.6 is 46.3 Å². The van der Waals surface area contributed by atoms with E-state index in [-0.39, 0.29) is 29.4 Å². The standard InChI is InChI=1S/C28H27Cl2N3O5S2/c1-4-38-28(37)24-21-10-11-33(16(3)34)14-23(21)40-27(24)32-25(35)15(2)39-19-7-5-6-18(13-19)31-26(36)20-9-8-17(29)12-22(20)30/h5-9,12-13,15H,4,10-11,14H2,1-3H3,(H,31,36)(H,32,35). The van der Waals surface area contributed by atoms with Gasteiger partial charge in [-0.15, -0.1) is 23.1 Å². The maximum Gasteiger partial charge on any atom is 0.341 e. The van der Waals surface area contributed by atoms with E-state index in [0.29, 0.717) is 46.3 Å². The van der Waals surface area contributed by atoms with Crippen molar-refractivity contribution in [1.82, 2.24) is 4.90 Å². The maximum absolute atomic E-state index is 13.2. The molecule has 0 saturated heterocycles. The number of halogens is 2. The number of thioether (sulfide) groups is 1. The van der Waals surface area contributed by atoms with E-state index in [1.165, 1.54) is 36.1 Å². The van der Waals surface area contributed by atoms with Crippen molar-refractivity contribution in [3.05, 3.63) is 74.1 Å². The zero-order chi connectivity index (χ0) is 29.0. The van der Waals surface area contributed by atoms with Crippen LogP contribution in [0.15, 0.2) is 47.4 Å². The van der Waals surface area contributed by atoms with Gasteiger partial charge in [-0.2, -0.15) is 0 Å². The number of amides is 3. The molecule has 1 aromatic heterocycles. The lowest BCUT2D eigenvalue weighted by atomic mass is 10.0. The van der Waals surface area contributed by atoms with Gasteiger partial charge in [-0.3, -0.25) is 14.4 Å². The van der Waals surface area contributed by atoms with Gasteiger partial charge in [-0.1, -0.05) is 29.3 Å². The number of carbonyl (C=O) groups is 4. The molecule has 3 aromatic rings. The highest BCUT2D eigenvalue weighted by atomic mass is 35.5. The van der Waals surface area contributed by atoms with Crippen LogP contribution in [0, 0.1) is 0 Å². The number of ether oxygens (including phenoxy) is 1. The fourth-order valence-electron chi connectivity index (χ4n) is 4.17. The fourth-order valence-corrected chi connectivity index (χ4v) is 6.84. The molecule has 0 radical (unpaired) electrons. The van der Waals surface area contributed by atoms with E-state index in [9.17, 15) is 19.2 Å². The van der Waals surface area contributed by atoms with Gasteiger partial charge in [0.1, 0.15) is 5.00 Å². The van der Waals surface area contributed by atoms with Crippen molar-refractivity contribution in [1.29, 1.82) is 0 Å². The third kappa shape index (κ3) is 6.98. The highest BCUT2D eigenvalue weighted by molar-refractivity contribution is 8.00. The summed E-state index contributed by atoms with van der Waals surface area (Å²) in [6.45, 7) is 6.10. The Kier molecular flexibility index (Phi) is 9.78. The molecular formula is C28H27Cl2N3O5S2. The van der Waals surface area contributed by atoms with Crippen molar-refractivity contribution in [2.45, 2.75) is 43.9 Å². The summed E-state index contributed by atoms with van der Waals surface area (Å²) < 4.78 is 5.28. The molecule has 1 aliphatic rings. The van der Waals surface area contributed by atoms with Crippen molar-refractivity contribution in [2.24, 2.45) is 0 Å². The number of fused-ring (bicyclic) bond motifs is 1. The number of esters is 1. The maximum atomic E-state index is 13.2.